The molecule has 3 aliphatic rings. The van der Waals surface area contributed by atoms with Crippen LogP contribution in [0.3, 0.4) is 0 Å². The van der Waals surface area contributed by atoms with Crippen molar-refractivity contribution in [1.82, 2.24) is 5.32 Å². The minimum atomic E-state index is 0.206. The number of carbonyl (C=O) groups excluding carboxylic acids is 1. The molecule has 3 heteroatoms. The number of hydrogen-bond acceptors (Lipinski definition) is 2. The third kappa shape index (κ3) is 1.70. The summed E-state index contributed by atoms with van der Waals surface area (Å²) in [6.45, 7) is 9.72. The average Bonchev–Trinajstić information content (AvgIpc) is 2.84. The molecule has 19 heavy (non-hydrogen) atoms. The van der Waals surface area contributed by atoms with Crippen LogP contribution in [0, 0.1) is 22.7 Å². The molecule has 3 nitrogen and oxygen atoms in total. The fourth-order valence-corrected chi connectivity index (χ4v) is 5.34. The molecule has 108 valence electrons. The van der Waals surface area contributed by atoms with Gasteiger partial charge in [-0.25, -0.2) is 0 Å². The summed E-state index contributed by atoms with van der Waals surface area (Å²) < 4.78 is 5.87. The van der Waals surface area contributed by atoms with Crippen molar-refractivity contribution in [2.45, 2.75) is 65.5 Å². The minimum Gasteiger partial charge on any atom is -0.378 e. The quantitative estimate of drug-likeness (QED) is 0.833. The molecule has 2 saturated carbocycles. The molecule has 1 N–H and O–H groups in total. The van der Waals surface area contributed by atoms with Crippen molar-refractivity contribution >= 4 is 5.91 Å². The zero-order valence-corrected chi connectivity index (χ0v) is 12.7. The van der Waals surface area contributed by atoms with Crippen molar-refractivity contribution in [2.24, 2.45) is 22.7 Å². The lowest BCUT2D eigenvalue weighted by molar-refractivity contribution is -0.133. The third-order valence-electron chi connectivity index (χ3n) is 6.42. The molecule has 2 aliphatic carbocycles. The van der Waals surface area contributed by atoms with Crippen LogP contribution in [0.25, 0.3) is 0 Å². The molecule has 1 heterocycles. The van der Waals surface area contributed by atoms with Gasteiger partial charge in [-0.1, -0.05) is 20.8 Å². The Labute approximate surface area is 116 Å². The highest BCUT2D eigenvalue weighted by atomic mass is 16.5. The molecule has 3 fully saturated rings. The summed E-state index contributed by atoms with van der Waals surface area (Å²) >= 11 is 0. The molecule has 0 aromatic carbocycles. The van der Waals surface area contributed by atoms with E-state index >= 15 is 0 Å². The molecule has 5 atom stereocenters. The van der Waals surface area contributed by atoms with Gasteiger partial charge in [-0.05, 0) is 48.9 Å². The van der Waals surface area contributed by atoms with E-state index < -0.39 is 0 Å². The van der Waals surface area contributed by atoms with Gasteiger partial charge < -0.3 is 10.1 Å². The van der Waals surface area contributed by atoms with Gasteiger partial charge in [0, 0.05) is 19.1 Å². The zero-order valence-electron chi connectivity index (χ0n) is 12.7. The lowest BCUT2D eigenvalue weighted by Crippen LogP contribution is -2.59. The molecule has 0 unspecified atom stereocenters. The Balaban J connectivity index is 1.93. The maximum atomic E-state index is 11.9. The summed E-state index contributed by atoms with van der Waals surface area (Å²) in [5.41, 5.74) is 0.537. The van der Waals surface area contributed by atoms with Crippen LogP contribution in [-0.2, 0) is 9.53 Å². The van der Waals surface area contributed by atoms with Gasteiger partial charge in [-0.15, -0.1) is 0 Å². The topological polar surface area (TPSA) is 38.3 Å². The van der Waals surface area contributed by atoms with Crippen LogP contribution in [0.4, 0.5) is 0 Å². The van der Waals surface area contributed by atoms with Crippen molar-refractivity contribution in [3.05, 3.63) is 0 Å². The van der Waals surface area contributed by atoms with Crippen LogP contribution in [0.5, 0.6) is 0 Å². The molecule has 0 radical (unpaired) electrons. The number of amides is 1. The molecule has 0 aromatic rings. The van der Waals surface area contributed by atoms with Crippen molar-refractivity contribution in [1.29, 1.82) is 0 Å². The fourth-order valence-electron chi connectivity index (χ4n) is 5.34. The highest BCUT2D eigenvalue weighted by Crippen LogP contribution is 2.68. The van der Waals surface area contributed by atoms with Gasteiger partial charge in [0.25, 0.3) is 0 Å². The molecule has 1 saturated heterocycles. The molecular weight excluding hydrogens is 238 g/mol. The maximum Gasteiger partial charge on any atom is 0.219 e. The first-order valence-electron chi connectivity index (χ1n) is 7.83. The molecule has 1 amide bonds. The third-order valence-corrected chi connectivity index (χ3v) is 6.42. The molecule has 1 spiro atoms. The summed E-state index contributed by atoms with van der Waals surface area (Å²) in [4.78, 5) is 11.9. The summed E-state index contributed by atoms with van der Waals surface area (Å²) in [6.07, 6.45) is 4.64. The van der Waals surface area contributed by atoms with Gasteiger partial charge >= 0.3 is 0 Å². The van der Waals surface area contributed by atoms with Gasteiger partial charge in [0.05, 0.1) is 6.10 Å². The smallest absolute Gasteiger partial charge is 0.219 e. The number of hydrogen-bond donors (Lipinski definition) is 1. The van der Waals surface area contributed by atoms with Crippen LogP contribution >= 0.6 is 0 Å². The molecule has 1 aliphatic heterocycles. The van der Waals surface area contributed by atoms with Crippen LogP contribution in [0.1, 0.15) is 53.4 Å². The first-order chi connectivity index (χ1) is 8.91. The van der Waals surface area contributed by atoms with Crippen LogP contribution in [0.15, 0.2) is 0 Å². The Bertz CT molecular complexity index is 392. The fraction of sp³-hybridized carbons (Fsp3) is 0.938. The van der Waals surface area contributed by atoms with E-state index in [0.717, 1.165) is 18.9 Å². The molecule has 3 rings (SSSR count). The van der Waals surface area contributed by atoms with Crippen molar-refractivity contribution in [3.63, 3.8) is 0 Å². The van der Waals surface area contributed by atoms with Gasteiger partial charge in [-0.2, -0.15) is 0 Å². The van der Waals surface area contributed by atoms with Gasteiger partial charge in [-0.3, -0.25) is 4.79 Å². The highest BCUT2D eigenvalue weighted by molar-refractivity contribution is 5.76. The Morgan fingerprint density at radius 1 is 1.42 bits per heavy atom. The maximum absolute atomic E-state index is 11.9. The first-order valence-corrected chi connectivity index (χ1v) is 7.83. The van der Waals surface area contributed by atoms with Crippen molar-refractivity contribution < 1.29 is 9.53 Å². The SMILES string of the molecule is CCC(=O)N[C@@H]1C(C)(C)[C@@H]2C[C@@H]3[C@@H](C)OCC[C@@]31C2. The van der Waals surface area contributed by atoms with Gasteiger partial charge in [0.1, 0.15) is 0 Å². The van der Waals surface area contributed by atoms with E-state index in [-0.39, 0.29) is 11.3 Å². The predicted molar refractivity (Wildman–Crippen MR) is 74.7 cm³/mol. The second-order valence-corrected chi connectivity index (χ2v) is 7.48. The van der Waals surface area contributed by atoms with E-state index in [9.17, 15) is 4.79 Å². The Morgan fingerprint density at radius 3 is 2.84 bits per heavy atom. The van der Waals surface area contributed by atoms with Crippen molar-refractivity contribution in [3.8, 4) is 0 Å². The summed E-state index contributed by atoms with van der Waals surface area (Å²) in [5.74, 6) is 1.59. The van der Waals surface area contributed by atoms with Gasteiger partial charge in [0.15, 0.2) is 0 Å². The van der Waals surface area contributed by atoms with E-state index in [0.29, 0.717) is 29.9 Å². The molecule has 2 bridgehead atoms. The summed E-state index contributed by atoms with van der Waals surface area (Å²) in [6, 6.07) is 0.336. The van der Waals surface area contributed by atoms with E-state index in [1.807, 2.05) is 6.92 Å². The molecular formula is C16H27NO2. The number of ether oxygens (including phenoxy) is 1. The largest absolute Gasteiger partial charge is 0.378 e. The Kier molecular flexibility index (Phi) is 2.97. The number of carbonyl (C=O) groups is 1. The monoisotopic (exact) mass is 265 g/mol. The lowest BCUT2D eigenvalue weighted by atomic mass is 9.59. The number of rotatable bonds is 2. The Morgan fingerprint density at radius 2 is 2.16 bits per heavy atom. The summed E-state index contributed by atoms with van der Waals surface area (Å²) in [5, 5.41) is 3.37. The normalized spacial score (nSPS) is 46.9. The zero-order chi connectivity index (χ0) is 13.8. The predicted octanol–water partition coefficient (Wildman–Crippen LogP) is 2.74. The molecule has 0 aromatic heterocycles. The second-order valence-electron chi connectivity index (χ2n) is 7.48. The number of nitrogens with one attached hydrogen (secondary N) is 1. The summed E-state index contributed by atoms with van der Waals surface area (Å²) in [7, 11) is 0. The van der Waals surface area contributed by atoms with Crippen LogP contribution < -0.4 is 5.32 Å². The highest BCUT2D eigenvalue weighted by Gasteiger charge is 2.67. The lowest BCUT2D eigenvalue weighted by Gasteiger charge is -2.52. The minimum absolute atomic E-state index is 0.206. The van der Waals surface area contributed by atoms with E-state index in [4.69, 9.17) is 4.74 Å². The first kappa shape index (κ1) is 13.4. The van der Waals surface area contributed by atoms with E-state index in [1.165, 1.54) is 12.8 Å². The van der Waals surface area contributed by atoms with E-state index in [2.05, 4.69) is 26.1 Å². The second kappa shape index (κ2) is 4.21. The van der Waals surface area contributed by atoms with Crippen LogP contribution in [-0.4, -0.2) is 24.7 Å². The van der Waals surface area contributed by atoms with Gasteiger partial charge in [0.2, 0.25) is 5.91 Å². The van der Waals surface area contributed by atoms with Crippen molar-refractivity contribution in [2.75, 3.05) is 6.61 Å². The average molecular weight is 265 g/mol. The van der Waals surface area contributed by atoms with E-state index in [1.54, 1.807) is 0 Å². The number of fused-ring (bicyclic) bond motifs is 1. The standard InChI is InChI=1S/C16H27NO2/c1-5-13(18)17-14-15(3,4)11-8-12-10(2)19-7-6-16(12,14)9-11/h10-12,14H,5-9H2,1-4H3,(H,17,18)/t10-,11-,12-,14-,16-/m1/s1. The van der Waals surface area contributed by atoms with Crippen LogP contribution in [0.2, 0.25) is 0 Å². The Hall–Kier alpha value is -0.570.